The average Bonchev–Trinajstić information content (AvgIpc) is 2.99. The number of likely N-dealkylation sites (tertiary alicyclic amines) is 1. The van der Waals surface area contributed by atoms with Crippen LogP contribution in [0.2, 0.25) is 0 Å². The Labute approximate surface area is 115 Å². The van der Waals surface area contributed by atoms with Crippen LogP contribution in [0.25, 0.3) is 5.69 Å². The van der Waals surface area contributed by atoms with E-state index in [2.05, 4.69) is 10.00 Å². The molecule has 0 saturated carbocycles. The first-order valence-corrected chi connectivity index (χ1v) is 6.60. The fraction of sp³-hybridized carbons (Fsp3) is 0.357. The van der Waals surface area contributed by atoms with Crippen LogP contribution < -0.4 is 5.73 Å². The molecule has 1 fully saturated rings. The molecule has 0 aliphatic carbocycles. The maximum absolute atomic E-state index is 13.7. The van der Waals surface area contributed by atoms with Crippen LogP contribution in [-0.4, -0.2) is 33.8 Å². The van der Waals surface area contributed by atoms with Gasteiger partial charge in [-0.3, -0.25) is 4.90 Å². The lowest BCUT2D eigenvalue weighted by molar-refractivity contribution is 0.322. The highest BCUT2D eigenvalue weighted by molar-refractivity contribution is 5.33. The van der Waals surface area contributed by atoms with E-state index in [0.717, 1.165) is 31.3 Å². The maximum Gasteiger partial charge on any atom is 0.151 e. The van der Waals surface area contributed by atoms with E-state index in [1.54, 1.807) is 6.20 Å². The van der Waals surface area contributed by atoms with Gasteiger partial charge in [0.1, 0.15) is 11.5 Å². The van der Waals surface area contributed by atoms with Crippen LogP contribution in [0, 0.1) is 11.6 Å². The topological polar surface area (TPSA) is 47.1 Å². The molecule has 3 rings (SSSR count). The predicted molar refractivity (Wildman–Crippen MR) is 71.3 cm³/mol. The van der Waals surface area contributed by atoms with Crippen molar-refractivity contribution in [3.8, 4) is 5.69 Å². The molecular formula is C14H16F2N4. The van der Waals surface area contributed by atoms with E-state index in [9.17, 15) is 8.78 Å². The van der Waals surface area contributed by atoms with Crippen LogP contribution in [0.3, 0.4) is 0 Å². The highest BCUT2D eigenvalue weighted by atomic mass is 19.1. The lowest BCUT2D eigenvalue weighted by Crippen LogP contribution is -2.26. The number of hydrogen-bond donors (Lipinski definition) is 1. The summed E-state index contributed by atoms with van der Waals surface area (Å²) in [6.45, 7) is 2.51. The summed E-state index contributed by atoms with van der Waals surface area (Å²) in [6, 6.07) is 5.53. The minimum absolute atomic E-state index is 0.228. The van der Waals surface area contributed by atoms with E-state index in [4.69, 9.17) is 5.73 Å². The Bertz CT molecular complexity index is 611. The molecule has 2 aromatic rings. The predicted octanol–water partition coefficient (Wildman–Crippen LogP) is 1.68. The second-order valence-electron chi connectivity index (χ2n) is 5.13. The summed E-state index contributed by atoms with van der Waals surface area (Å²) in [5.74, 6) is -1.22. The monoisotopic (exact) mass is 278 g/mol. The number of aromatic nitrogens is 2. The van der Waals surface area contributed by atoms with E-state index in [0.29, 0.717) is 6.54 Å². The van der Waals surface area contributed by atoms with Crippen molar-refractivity contribution in [3.05, 3.63) is 47.8 Å². The van der Waals surface area contributed by atoms with Gasteiger partial charge in [0, 0.05) is 37.9 Å². The Balaban J connectivity index is 1.76. The van der Waals surface area contributed by atoms with Gasteiger partial charge in [-0.2, -0.15) is 5.10 Å². The van der Waals surface area contributed by atoms with Gasteiger partial charge in [-0.05, 0) is 24.6 Å². The fourth-order valence-electron chi connectivity index (χ4n) is 2.48. The molecule has 2 heterocycles. The van der Waals surface area contributed by atoms with Crippen molar-refractivity contribution in [3.63, 3.8) is 0 Å². The van der Waals surface area contributed by atoms with Crippen molar-refractivity contribution in [2.45, 2.75) is 19.0 Å². The molecule has 1 aromatic carbocycles. The van der Waals surface area contributed by atoms with Crippen LogP contribution in [-0.2, 0) is 6.54 Å². The van der Waals surface area contributed by atoms with Crippen molar-refractivity contribution < 1.29 is 8.78 Å². The molecule has 2 N–H and O–H groups in total. The van der Waals surface area contributed by atoms with Crippen molar-refractivity contribution >= 4 is 0 Å². The Morgan fingerprint density at radius 1 is 1.30 bits per heavy atom. The van der Waals surface area contributed by atoms with E-state index >= 15 is 0 Å². The van der Waals surface area contributed by atoms with Crippen molar-refractivity contribution in [2.24, 2.45) is 5.73 Å². The third-order valence-electron chi connectivity index (χ3n) is 3.50. The molecule has 6 heteroatoms. The minimum Gasteiger partial charge on any atom is -0.326 e. The zero-order chi connectivity index (χ0) is 14.1. The lowest BCUT2D eigenvalue weighted by Gasteiger charge is -2.12. The molecule has 4 nitrogen and oxygen atoms in total. The minimum atomic E-state index is -0.622. The van der Waals surface area contributed by atoms with Gasteiger partial charge in [0.2, 0.25) is 0 Å². The van der Waals surface area contributed by atoms with E-state index in [-0.39, 0.29) is 11.7 Å². The molecule has 1 aliphatic heterocycles. The number of nitrogens with zero attached hydrogens (tertiary/aromatic N) is 3. The number of nitrogens with two attached hydrogens (primary N) is 1. The van der Waals surface area contributed by atoms with E-state index < -0.39 is 11.6 Å². The Morgan fingerprint density at radius 2 is 2.15 bits per heavy atom. The SMILES string of the molecule is N[C@H]1CCN(Cc2ccn(-c3ccc(F)cc3F)n2)C1. The highest BCUT2D eigenvalue weighted by Crippen LogP contribution is 2.16. The summed E-state index contributed by atoms with van der Waals surface area (Å²) < 4.78 is 28.0. The molecule has 0 radical (unpaired) electrons. The second-order valence-corrected chi connectivity index (χ2v) is 5.13. The molecule has 1 atom stereocenters. The van der Waals surface area contributed by atoms with Gasteiger partial charge in [-0.25, -0.2) is 13.5 Å². The van der Waals surface area contributed by atoms with Gasteiger partial charge >= 0.3 is 0 Å². The first-order valence-electron chi connectivity index (χ1n) is 6.60. The van der Waals surface area contributed by atoms with E-state index in [1.165, 1.54) is 16.8 Å². The number of hydrogen-bond acceptors (Lipinski definition) is 3. The number of halogens is 2. The largest absolute Gasteiger partial charge is 0.326 e. The molecular weight excluding hydrogens is 262 g/mol. The van der Waals surface area contributed by atoms with Crippen LogP contribution in [0.15, 0.2) is 30.5 Å². The summed E-state index contributed by atoms with van der Waals surface area (Å²) in [4.78, 5) is 2.22. The molecule has 0 spiro atoms. The zero-order valence-corrected chi connectivity index (χ0v) is 11.0. The highest BCUT2D eigenvalue weighted by Gasteiger charge is 2.19. The number of benzene rings is 1. The number of rotatable bonds is 3. The summed E-state index contributed by atoms with van der Waals surface area (Å²) in [5.41, 5.74) is 6.95. The van der Waals surface area contributed by atoms with Crippen molar-refractivity contribution in [1.29, 1.82) is 0 Å². The Hall–Kier alpha value is -1.79. The molecule has 1 aliphatic rings. The standard InChI is InChI=1S/C14H16F2N4/c15-10-1-2-14(13(16)7-10)20-6-4-12(18-20)9-19-5-3-11(17)8-19/h1-2,4,6-7,11H,3,5,8-9,17H2/t11-/m0/s1. The molecule has 0 unspecified atom stereocenters. The smallest absolute Gasteiger partial charge is 0.151 e. The van der Waals surface area contributed by atoms with Gasteiger partial charge < -0.3 is 5.73 Å². The quantitative estimate of drug-likeness (QED) is 0.929. The third kappa shape index (κ3) is 2.71. The van der Waals surface area contributed by atoms with Crippen LogP contribution in [0.1, 0.15) is 12.1 Å². The summed E-state index contributed by atoms with van der Waals surface area (Å²) >= 11 is 0. The molecule has 1 aromatic heterocycles. The van der Waals surface area contributed by atoms with Crippen molar-refractivity contribution in [1.82, 2.24) is 14.7 Å². The van der Waals surface area contributed by atoms with E-state index in [1.807, 2.05) is 6.07 Å². The summed E-state index contributed by atoms with van der Waals surface area (Å²) in [7, 11) is 0. The molecule has 106 valence electrons. The normalized spacial score (nSPS) is 19.6. The molecule has 0 bridgehead atoms. The van der Waals surface area contributed by atoms with Gasteiger partial charge in [0.05, 0.1) is 5.69 Å². The summed E-state index contributed by atoms with van der Waals surface area (Å²) in [6.07, 6.45) is 2.68. The zero-order valence-electron chi connectivity index (χ0n) is 11.0. The maximum atomic E-state index is 13.7. The lowest BCUT2D eigenvalue weighted by atomic mass is 10.3. The summed E-state index contributed by atoms with van der Waals surface area (Å²) in [5, 5.41) is 4.33. The van der Waals surface area contributed by atoms with Crippen LogP contribution in [0.5, 0.6) is 0 Å². The van der Waals surface area contributed by atoms with Crippen LogP contribution >= 0.6 is 0 Å². The third-order valence-corrected chi connectivity index (χ3v) is 3.50. The first-order chi connectivity index (χ1) is 9.61. The first kappa shape index (κ1) is 13.2. The van der Waals surface area contributed by atoms with Crippen molar-refractivity contribution in [2.75, 3.05) is 13.1 Å². The van der Waals surface area contributed by atoms with Crippen LogP contribution in [0.4, 0.5) is 8.78 Å². The Morgan fingerprint density at radius 3 is 2.85 bits per heavy atom. The Kier molecular flexibility index (Phi) is 3.50. The molecule has 1 saturated heterocycles. The van der Waals surface area contributed by atoms with Gasteiger partial charge in [0.15, 0.2) is 5.82 Å². The van der Waals surface area contributed by atoms with Gasteiger partial charge in [-0.15, -0.1) is 0 Å². The van der Waals surface area contributed by atoms with Gasteiger partial charge in [0.25, 0.3) is 0 Å². The molecule has 20 heavy (non-hydrogen) atoms. The second kappa shape index (κ2) is 5.30. The van der Waals surface area contributed by atoms with Gasteiger partial charge in [-0.1, -0.05) is 0 Å². The fourth-order valence-corrected chi connectivity index (χ4v) is 2.48. The molecule has 0 amide bonds. The average molecular weight is 278 g/mol.